The van der Waals surface area contributed by atoms with E-state index in [0.29, 0.717) is 12.9 Å². The normalized spacial score (nSPS) is 9.44. The highest BCUT2D eigenvalue weighted by atomic mass is 16.7. The molecule has 0 spiro atoms. The lowest BCUT2D eigenvalue weighted by Crippen LogP contribution is -2.02. The van der Waals surface area contributed by atoms with Crippen LogP contribution in [0.2, 0.25) is 0 Å². The SMILES string of the molecule is CCCOCOCC=O. The van der Waals surface area contributed by atoms with Gasteiger partial charge in [0.15, 0.2) is 0 Å². The second-order valence-electron chi connectivity index (χ2n) is 1.56. The van der Waals surface area contributed by atoms with Crippen LogP contribution in [0.4, 0.5) is 0 Å². The van der Waals surface area contributed by atoms with Crippen LogP contribution < -0.4 is 0 Å². The average Bonchev–Trinajstić information content (AvgIpc) is 1.89. The van der Waals surface area contributed by atoms with Gasteiger partial charge in [0, 0.05) is 6.61 Å². The van der Waals surface area contributed by atoms with Crippen molar-refractivity contribution in [2.45, 2.75) is 13.3 Å². The van der Waals surface area contributed by atoms with Crippen LogP contribution in [-0.2, 0) is 14.3 Å². The third-order valence-corrected chi connectivity index (χ3v) is 0.701. The fraction of sp³-hybridized carbons (Fsp3) is 0.833. The second kappa shape index (κ2) is 7.59. The maximum absolute atomic E-state index is 9.66. The van der Waals surface area contributed by atoms with Gasteiger partial charge in [-0.05, 0) is 6.42 Å². The first-order chi connectivity index (χ1) is 4.41. The summed E-state index contributed by atoms with van der Waals surface area (Å²) in [5.74, 6) is 0. The highest BCUT2D eigenvalue weighted by Crippen LogP contribution is 1.79. The van der Waals surface area contributed by atoms with Crippen molar-refractivity contribution in [1.29, 1.82) is 0 Å². The molecule has 0 atom stereocenters. The fourth-order valence-corrected chi connectivity index (χ4v) is 0.358. The van der Waals surface area contributed by atoms with E-state index in [1.165, 1.54) is 0 Å². The summed E-state index contributed by atoms with van der Waals surface area (Å²) in [6, 6.07) is 0. The molecule has 9 heavy (non-hydrogen) atoms. The minimum absolute atomic E-state index is 0.129. The molecule has 0 aliphatic carbocycles. The lowest BCUT2D eigenvalue weighted by Gasteiger charge is -1.99. The Morgan fingerprint density at radius 1 is 1.44 bits per heavy atom. The Hall–Kier alpha value is -0.410. The van der Waals surface area contributed by atoms with E-state index in [0.717, 1.165) is 6.42 Å². The standard InChI is InChI=1S/C6H12O3/c1-2-4-8-6-9-5-3-7/h3H,2,4-6H2,1H3. The van der Waals surface area contributed by atoms with Crippen LogP contribution in [0.15, 0.2) is 0 Å². The molecule has 3 heteroatoms. The zero-order valence-electron chi connectivity index (χ0n) is 5.63. The monoisotopic (exact) mass is 132 g/mol. The third kappa shape index (κ3) is 7.59. The predicted molar refractivity (Wildman–Crippen MR) is 33.1 cm³/mol. The van der Waals surface area contributed by atoms with Gasteiger partial charge in [0.2, 0.25) is 0 Å². The summed E-state index contributed by atoms with van der Waals surface area (Å²) >= 11 is 0. The van der Waals surface area contributed by atoms with Crippen LogP contribution in [0.1, 0.15) is 13.3 Å². The number of ether oxygens (including phenoxy) is 2. The Bertz CT molecular complexity index is 63.3. The summed E-state index contributed by atoms with van der Waals surface area (Å²) < 4.78 is 9.60. The van der Waals surface area contributed by atoms with Crippen molar-refractivity contribution < 1.29 is 14.3 Å². The van der Waals surface area contributed by atoms with E-state index in [-0.39, 0.29) is 13.4 Å². The topological polar surface area (TPSA) is 35.5 Å². The highest BCUT2D eigenvalue weighted by molar-refractivity contribution is 5.50. The van der Waals surface area contributed by atoms with Crippen LogP contribution in [0.25, 0.3) is 0 Å². The molecule has 0 aliphatic rings. The summed E-state index contributed by atoms with van der Waals surface area (Å²) in [6.45, 7) is 3.06. The van der Waals surface area contributed by atoms with Gasteiger partial charge in [-0.2, -0.15) is 0 Å². The van der Waals surface area contributed by atoms with E-state index in [9.17, 15) is 4.79 Å². The van der Waals surface area contributed by atoms with E-state index in [4.69, 9.17) is 9.47 Å². The molecule has 0 bridgehead atoms. The Labute approximate surface area is 55.0 Å². The Morgan fingerprint density at radius 3 is 2.78 bits per heavy atom. The van der Waals surface area contributed by atoms with Gasteiger partial charge in [0.05, 0.1) is 0 Å². The first-order valence-corrected chi connectivity index (χ1v) is 3.01. The number of aldehydes is 1. The van der Waals surface area contributed by atoms with Crippen molar-refractivity contribution in [3.05, 3.63) is 0 Å². The molecule has 0 N–H and O–H groups in total. The maximum atomic E-state index is 9.66. The lowest BCUT2D eigenvalue weighted by atomic mass is 10.5. The van der Waals surface area contributed by atoms with Gasteiger partial charge in [-0.15, -0.1) is 0 Å². The maximum Gasteiger partial charge on any atom is 0.147 e. The molecule has 0 unspecified atom stereocenters. The summed E-state index contributed by atoms with van der Waals surface area (Å²) in [7, 11) is 0. The van der Waals surface area contributed by atoms with Crippen molar-refractivity contribution in [1.82, 2.24) is 0 Å². The molecule has 0 radical (unpaired) electrons. The summed E-state index contributed by atoms with van der Waals surface area (Å²) in [4.78, 5) is 9.66. The lowest BCUT2D eigenvalue weighted by molar-refractivity contribution is -0.118. The van der Waals surface area contributed by atoms with Gasteiger partial charge in [0.1, 0.15) is 19.7 Å². The first kappa shape index (κ1) is 8.59. The van der Waals surface area contributed by atoms with Crippen LogP contribution in [0, 0.1) is 0 Å². The van der Waals surface area contributed by atoms with E-state index in [1.807, 2.05) is 6.92 Å². The first-order valence-electron chi connectivity index (χ1n) is 3.01. The van der Waals surface area contributed by atoms with Gasteiger partial charge in [-0.25, -0.2) is 0 Å². The van der Waals surface area contributed by atoms with Gasteiger partial charge in [-0.3, -0.25) is 0 Å². The van der Waals surface area contributed by atoms with Crippen LogP contribution in [0.3, 0.4) is 0 Å². The van der Waals surface area contributed by atoms with Gasteiger partial charge < -0.3 is 14.3 Å². The van der Waals surface area contributed by atoms with E-state index < -0.39 is 0 Å². The van der Waals surface area contributed by atoms with Crippen molar-refractivity contribution in [2.75, 3.05) is 20.0 Å². The molecule has 0 amide bonds. The predicted octanol–water partition coefficient (Wildman–Crippen LogP) is 0.586. The number of rotatable bonds is 6. The molecule has 0 aromatic rings. The molecule has 0 rings (SSSR count). The van der Waals surface area contributed by atoms with Crippen molar-refractivity contribution in [2.24, 2.45) is 0 Å². The molecule has 0 fully saturated rings. The summed E-state index contributed by atoms with van der Waals surface area (Å²) in [6.07, 6.45) is 1.68. The number of hydrogen-bond donors (Lipinski definition) is 0. The average molecular weight is 132 g/mol. The molecule has 0 saturated carbocycles. The number of carbonyl (C=O) groups excluding carboxylic acids is 1. The largest absolute Gasteiger partial charge is 0.355 e. The van der Waals surface area contributed by atoms with Crippen molar-refractivity contribution >= 4 is 6.29 Å². The molecule has 0 heterocycles. The van der Waals surface area contributed by atoms with Crippen LogP contribution in [-0.4, -0.2) is 26.3 Å². The molecule has 54 valence electrons. The van der Waals surface area contributed by atoms with Crippen molar-refractivity contribution in [3.63, 3.8) is 0 Å². The number of hydrogen-bond acceptors (Lipinski definition) is 3. The third-order valence-electron chi connectivity index (χ3n) is 0.701. The van der Waals surface area contributed by atoms with Crippen LogP contribution >= 0.6 is 0 Å². The summed E-state index contributed by atoms with van der Waals surface area (Å²) in [5, 5.41) is 0. The minimum atomic E-state index is 0.129. The zero-order chi connectivity index (χ0) is 6.95. The van der Waals surface area contributed by atoms with Crippen LogP contribution in [0.5, 0.6) is 0 Å². The second-order valence-corrected chi connectivity index (χ2v) is 1.56. The Kier molecular flexibility index (Phi) is 7.24. The molecular formula is C6H12O3. The van der Waals surface area contributed by atoms with Gasteiger partial charge in [0.25, 0.3) is 0 Å². The highest BCUT2D eigenvalue weighted by Gasteiger charge is 1.83. The Balaban J connectivity index is 2.66. The zero-order valence-corrected chi connectivity index (χ0v) is 5.63. The minimum Gasteiger partial charge on any atom is -0.355 e. The molecule has 0 aromatic carbocycles. The molecule has 0 aromatic heterocycles. The molecule has 0 aliphatic heterocycles. The van der Waals surface area contributed by atoms with E-state index >= 15 is 0 Å². The number of carbonyl (C=O) groups is 1. The van der Waals surface area contributed by atoms with E-state index in [2.05, 4.69) is 0 Å². The fourth-order valence-electron chi connectivity index (χ4n) is 0.358. The molecular weight excluding hydrogens is 120 g/mol. The molecule has 0 saturated heterocycles. The van der Waals surface area contributed by atoms with Gasteiger partial charge >= 0.3 is 0 Å². The quantitative estimate of drug-likeness (QED) is 0.301. The summed E-state index contributed by atoms with van der Waals surface area (Å²) in [5.41, 5.74) is 0. The molecule has 3 nitrogen and oxygen atoms in total. The van der Waals surface area contributed by atoms with Gasteiger partial charge in [-0.1, -0.05) is 6.92 Å². The van der Waals surface area contributed by atoms with Crippen molar-refractivity contribution in [3.8, 4) is 0 Å². The Morgan fingerprint density at radius 2 is 2.22 bits per heavy atom. The smallest absolute Gasteiger partial charge is 0.147 e. The van der Waals surface area contributed by atoms with E-state index in [1.54, 1.807) is 0 Å².